The smallest absolute Gasteiger partial charge is 0.240 e. The zero-order valence-corrected chi connectivity index (χ0v) is 17.9. The van der Waals surface area contributed by atoms with E-state index in [1.807, 2.05) is 53.2 Å². The number of nitrogens with zero attached hydrogens (tertiary/aromatic N) is 3. The van der Waals surface area contributed by atoms with Crippen LogP contribution in [0.5, 0.6) is 0 Å². The molecule has 0 saturated heterocycles. The second-order valence-electron chi connectivity index (χ2n) is 7.80. The number of amides is 1. The van der Waals surface area contributed by atoms with E-state index in [4.69, 9.17) is 11.6 Å². The Bertz CT molecular complexity index is 1060. The highest BCUT2D eigenvalue weighted by Crippen LogP contribution is 2.44. The molecule has 2 aromatic carbocycles. The summed E-state index contributed by atoms with van der Waals surface area (Å²) in [6.45, 7) is 0. The molecular formula is C22H22ClN5OS. The lowest BCUT2D eigenvalue weighted by Crippen LogP contribution is -2.59. The van der Waals surface area contributed by atoms with Gasteiger partial charge in [0.2, 0.25) is 11.1 Å². The molecular weight excluding hydrogens is 418 g/mol. The van der Waals surface area contributed by atoms with E-state index < -0.39 is 0 Å². The Morgan fingerprint density at radius 3 is 2.57 bits per heavy atom. The lowest BCUT2D eigenvalue weighted by molar-refractivity contribution is -0.117. The van der Waals surface area contributed by atoms with Gasteiger partial charge in [-0.1, -0.05) is 85.1 Å². The molecule has 2 aliphatic rings. The maximum Gasteiger partial charge on any atom is 0.240 e. The number of carbonyl (C=O) groups is 1. The Morgan fingerprint density at radius 1 is 1.07 bits per heavy atom. The predicted molar refractivity (Wildman–Crippen MR) is 120 cm³/mol. The van der Waals surface area contributed by atoms with Crippen LogP contribution in [0, 0.1) is 0 Å². The summed E-state index contributed by atoms with van der Waals surface area (Å²) in [6.07, 6.45) is 5.20. The molecule has 2 N–H and O–H groups in total. The van der Waals surface area contributed by atoms with Gasteiger partial charge in [0.05, 0.1) is 16.2 Å². The normalized spacial score (nSPS) is 19.7. The minimum absolute atomic E-state index is 0.0574. The molecule has 1 fully saturated rings. The summed E-state index contributed by atoms with van der Waals surface area (Å²) in [6, 6.07) is 17.3. The maximum absolute atomic E-state index is 13.4. The van der Waals surface area contributed by atoms with E-state index in [2.05, 4.69) is 20.9 Å². The van der Waals surface area contributed by atoms with Crippen molar-refractivity contribution in [3.05, 3.63) is 59.6 Å². The third kappa shape index (κ3) is 3.46. The van der Waals surface area contributed by atoms with Crippen molar-refractivity contribution in [1.82, 2.24) is 14.9 Å². The monoisotopic (exact) mass is 439 g/mol. The fourth-order valence-corrected chi connectivity index (χ4v) is 5.74. The van der Waals surface area contributed by atoms with Gasteiger partial charge in [0, 0.05) is 5.56 Å². The van der Waals surface area contributed by atoms with E-state index in [1.165, 1.54) is 18.2 Å². The molecule has 0 radical (unpaired) electrons. The number of hydrogen-bond acceptors (Lipinski definition) is 5. The SMILES string of the molecule is O=C(Nc1ccccc1Cl)[C@@H]1Sc2nnc(-c3ccccc3)n2NC12CCCCC2. The van der Waals surface area contributed by atoms with Crippen LogP contribution in [0.4, 0.5) is 5.69 Å². The summed E-state index contributed by atoms with van der Waals surface area (Å²) in [7, 11) is 0. The number of rotatable bonds is 3. The van der Waals surface area contributed by atoms with Gasteiger partial charge >= 0.3 is 0 Å². The van der Waals surface area contributed by atoms with Crippen molar-refractivity contribution in [1.29, 1.82) is 0 Å². The van der Waals surface area contributed by atoms with Gasteiger partial charge in [0.15, 0.2) is 5.82 Å². The number of para-hydroxylation sites is 1. The number of thioether (sulfide) groups is 1. The number of anilines is 1. The summed E-state index contributed by atoms with van der Waals surface area (Å²) in [4.78, 5) is 13.4. The molecule has 0 unspecified atom stereocenters. The van der Waals surface area contributed by atoms with E-state index in [0.29, 0.717) is 15.9 Å². The third-order valence-corrected chi connectivity index (χ3v) is 7.55. The van der Waals surface area contributed by atoms with Crippen LogP contribution in [0.1, 0.15) is 32.1 Å². The molecule has 1 spiro atoms. The van der Waals surface area contributed by atoms with E-state index in [-0.39, 0.29) is 16.7 Å². The molecule has 154 valence electrons. The molecule has 1 aromatic heterocycles. The van der Waals surface area contributed by atoms with Gasteiger partial charge in [-0.15, -0.1) is 10.2 Å². The molecule has 8 heteroatoms. The van der Waals surface area contributed by atoms with Gasteiger partial charge < -0.3 is 10.7 Å². The zero-order valence-electron chi connectivity index (χ0n) is 16.3. The first-order chi connectivity index (χ1) is 14.7. The van der Waals surface area contributed by atoms with E-state index >= 15 is 0 Å². The summed E-state index contributed by atoms with van der Waals surface area (Å²) in [5.41, 5.74) is 4.94. The largest absolute Gasteiger partial charge is 0.324 e. The quantitative estimate of drug-likeness (QED) is 0.603. The number of nitrogens with one attached hydrogen (secondary N) is 2. The number of halogens is 1. The van der Waals surface area contributed by atoms with Crippen LogP contribution in [0.3, 0.4) is 0 Å². The molecule has 2 heterocycles. The number of hydrogen-bond donors (Lipinski definition) is 2. The second-order valence-corrected chi connectivity index (χ2v) is 9.28. The van der Waals surface area contributed by atoms with Gasteiger partial charge in [-0.05, 0) is 25.0 Å². The highest BCUT2D eigenvalue weighted by molar-refractivity contribution is 8.00. The van der Waals surface area contributed by atoms with Gasteiger partial charge in [0.25, 0.3) is 0 Å². The molecule has 1 amide bonds. The average Bonchev–Trinajstić information content (AvgIpc) is 3.18. The van der Waals surface area contributed by atoms with Crippen molar-refractivity contribution in [2.45, 2.75) is 48.0 Å². The van der Waals surface area contributed by atoms with Gasteiger partial charge in [0.1, 0.15) is 5.25 Å². The first-order valence-electron chi connectivity index (χ1n) is 10.2. The van der Waals surface area contributed by atoms with Crippen LogP contribution in [0.15, 0.2) is 59.8 Å². The Balaban J connectivity index is 1.50. The van der Waals surface area contributed by atoms with Gasteiger partial charge in [-0.3, -0.25) is 4.79 Å². The maximum atomic E-state index is 13.4. The first kappa shape index (κ1) is 19.5. The fraction of sp³-hybridized carbons (Fsp3) is 0.318. The lowest BCUT2D eigenvalue weighted by atomic mass is 9.79. The van der Waals surface area contributed by atoms with Crippen molar-refractivity contribution < 1.29 is 4.79 Å². The minimum atomic E-state index is -0.354. The Kier molecular flexibility index (Phi) is 5.16. The molecule has 5 rings (SSSR count). The highest BCUT2D eigenvalue weighted by atomic mass is 35.5. The third-order valence-electron chi connectivity index (χ3n) is 5.84. The lowest BCUT2D eigenvalue weighted by Gasteiger charge is -2.46. The van der Waals surface area contributed by atoms with Crippen molar-refractivity contribution in [2.24, 2.45) is 0 Å². The summed E-state index contributed by atoms with van der Waals surface area (Å²) in [5, 5.41) is 12.7. The Morgan fingerprint density at radius 2 is 1.80 bits per heavy atom. The van der Waals surface area contributed by atoms with Crippen molar-refractivity contribution >= 4 is 35.0 Å². The molecule has 30 heavy (non-hydrogen) atoms. The Labute approximate surface area is 184 Å². The summed E-state index contributed by atoms with van der Waals surface area (Å²) in [5.74, 6) is 0.714. The van der Waals surface area contributed by atoms with Crippen LogP contribution in [-0.2, 0) is 4.79 Å². The summed E-state index contributed by atoms with van der Waals surface area (Å²) < 4.78 is 1.96. The minimum Gasteiger partial charge on any atom is -0.324 e. The van der Waals surface area contributed by atoms with E-state index in [9.17, 15) is 4.79 Å². The van der Waals surface area contributed by atoms with Crippen molar-refractivity contribution in [2.75, 3.05) is 10.7 Å². The first-order valence-corrected chi connectivity index (χ1v) is 11.4. The van der Waals surface area contributed by atoms with Crippen molar-refractivity contribution in [3.63, 3.8) is 0 Å². The molecule has 0 bridgehead atoms. The molecule has 1 aliphatic carbocycles. The van der Waals surface area contributed by atoms with Crippen LogP contribution in [0.2, 0.25) is 5.02 Å². The second kappa shape index (κ2) is 7.96. The predicted octanol–water partition coefficient (Wildman–Crippen LogP) is 4.96. The molecule has 3 aromatic rings. The Hall–Kier alpha value is -2.51. The van der Waals surface area contributed by atoms with E-state index in [0.717, 1.165) is 37.1 Å². The highest BCUT2D eigenvalue weighted by Gasteiger charge is 2.49. The molecule has 1 aliphatic heterocycles. The number of benzene rings is 2. The average molecular weight is 440 g/mol. The van der Waals surface area contributed by atoms with Gasteiger partial charge in [-0.2, -0.15) is 0 Å². The summed E-state index contributed by atoms with van der Waals surface area (Å²) >= 11 is 7.76. The molecule has 1 atom stereocenters. The van der Waals surface area contributed by atoms with Crippen LogP contribution in [0.25, 0.3) is 11.4 Å². The fourth-order valence-electron chi connectivity index (χ4n) is 4.34. The topological polar surface area (TPSA) is 71.8 Å². The molecule has 1 saturated carbocycles. The van der Waals surface area contributed by atoms with Crippen LogP contribution < -0.4 is 10.7 Å². The number of carbonyl (C=O) groups excluding carboxylic acids is 1. The van der Waals surface area contributed by atoms with E-state index in [1.54, 1.807) is 6.07 Å². The number of aromatic nitrogens is 3. The number of fused-ring (bicyclic) bond motifs is 1. The standard InChI is InChI=1S/C22H22ClN5OS/c23-16-11-5-6-12-17(16)24-20(29)18-22(13-7-2-8-14-22)27-28-19(25-26-21(28)30-18)15-9-3-1-4-10-15/h1,3-6,9-12,18,27H,2,7-8,13-14H2,(H,24,29)/t18-/m0/s1. The van der Waals surface area contributed by atoms with Crippen molar-refractivity contribution in [3.8, 4) is 11.4 Å². The van der Waals surface area contributed by atoms with Gasteiger partial charge in [-0.25, -0.2) is 4.68 Å². The molecule has 6 nitrogen and oxygen atoms in total. The zero-order chi connectivity index (χ0) is 20.6. The van der Waals surface area contributed by atoms with Crippen LogP contribution >= 0.6 is 23.4 Å². The van der Waals surface area contributed by atoms with Crippen LogP contribution in [-0.4, -0.2) is 31.6 Å².